The summed E-state index contributed by atoms with van der Waals surface area (Å²) in [6.45, 7) is 3.50. The molecule has 2 aliphatic rings. The lowest BCUT2D eigenvalue weighted by atomic mass is 9.92. The largest absolute Gasteiger partial charge is 0.369 e. The molecule has 2 heterocycles. The van der Waals surface area contributed by atoms with Crippen LogP contribution in [-0.2, 0) is 14.4 Å². The summed E-state index contributed by atoms with van der Waals surface area (Å²) in [7, 11) is 0. The zero-order valence-electron chi connectivity index (χ0n) is 13.1. The Balaban J connectivity index is 1.86. The number of nitrogens with one attached hydrogen (secondary N) is 1. The molecule has 0 saturated carbocycles. The molecule has 0 bridgehead atoms. The molecule has 3 amide bonds. The monoisotopic (exact) mass is 333 g/mol. The highest BCUT2D eigenvalue weighted by Crippen LogP contribution is 2.55. The van der Waals surface area contributed by atoms with Crippen molar-refractivity contribution < 1.29 is 14.4 Å². The lowest BCUT2D eigenvalue weighted by molar-refractivity contribution is -0.128. The van der Waals surface area contributed by atoms with Gasteiger partial charge in [-0.25, -0.2) is 0 Å². The third kappa shape index (κ3) is 2.39. The third-order valence-corrected chi connectivity index (χ3v) is 5.86. The molecule has 0 aromatic heterocycles. The summed E-state index contributed by atoms with van der Waals surface area (Å²) in [6.07, 6.45) is 0.794. The van der Waals surface area contributed by atoms with E-state index in [9.17, 15) is 14.4 Å². The Morgan fingerprint density at radius 3 is 2.78 bits per heavy atom. The van der Waals surface area contributed by atoms with Gasteiger partial charge in [0, 0.05) is 17.9 Å². The van der Waals surface area contributed by atoms with E-state index < -0.39 is 16.2 Å². The molecule has 1 saturated heterocycles. The second-order valence-corrected chi connectivity index (χ2v) is 7.83. The van der Waals surface area contributed by atoms with Gasteiger partial charge in [0.1, 0.15) is 0 Å². The summed E-state index contributed by atoms with van der Waals surface area (Å²) < 4.78 is 0. The minimum Gasteiger partial charge on any atom is -0.369 e. The molecule has 7 heteroatoms. The molecule has 23 heavy (non-hydrogen) atoms. The molecular weight excluding hydrogens is 314 g/mol. The summed E-state index contributed by atoms with van der Waals surface area (Å²) in [5, 5.41) is 2.81. The predicted octanol–water partition coefficient (Wildman–Crippen LogP) is 1.24. The molecule has 0 aliphatic carbocycles. The Morgan fingerprint density at radius 1 is 1.39 bits per heavy atom. The van der Waals surface area contributed by atoms with E-state index >= 15 is 0 Å². The summed E-state index contributed by atoms with van der Waals surface area (Å²) >= 11 is 1.40. The molecule has 3 rings (SSSR count). The van der Waals surface area contributed by atoms with E-state index in [4.69, 9.17) is 5.73 Å². The van der Waals surface area contributed by atoms with Gasteiger partial charge in [-0.3, -0.25) is 19.3 Å². The molecule has 0 spiro atoms. The van der Waals surface area contributed by atoms with Crippen LogP contribution in [0.15, 0.2) is 29.2 Å². The molecular formula is C16H19N3O3S. The van der Waals surface area contributed by atoms with Gasteiger partial charge in [-0.1, -0.05) is 23.9 Å². The van der Waals surface area contributed by atoms with Crippen molar-refractivity contribution >= 4 is 35.2 Å². The van der Waals surface area contributed by atoms with Crippen LogP contribution in [0.4, 0.5) is 5.69 Å². The first kappa shape index (κ1) is 15.9. The molecule has 1 atom stereocenters. The first-order chi connectivity index (χ1) is 10.8. The fraction of sp³-hybridized carbons (Fsp3) is 0.438. The van der Waals surface area contributed by atoms with E-state index in [0.717, 1.165) is 10.6 Å². The van der Waals surface area contributed by atoms with Gasteiger partial charge in [-0.05, 0) is 32.4 Å². The van der Waals surface area contributed by atoms with Crippen LogP contribution in [-0.4, -0.2) is 29.1 Å². The minimum absolute atomic E-state index is 0.0493. The summed E-state index contributed by atoms with van der Waals surface area (Å²) in [5.41, 5.74) is 5.29. The lowest BCUT2D eigenvalue weighted by Crippen LogP contribution is -2.54. The normalized spacial score (nSPS) is 22.7. The number of nitrogens with zero attached hydrogens (tertiary/aromatic N) is 1. The van der Waals surface area contributed by atoms with Gasteiger partial charge in [-0.15, -0.1) is 0 Å². The van der Waals surface area contributed by atoms with Crippen LogP contribution >= 0.6 is 11.8 Å². The van der Waals surface area contributed by atoms with Gasteiger partial charge in [0.05, 0.1) is 11.1 Å². The number of amides is 3. The van der Waals surface area contributed by atoms with Gasteiger partial charge in [-0.2, -0.15) is 0 Å². The number of fused-ring (bicyclic) bond motifs is 3. The van der Waals surface area contributed by atoms with E-state index in [-0.39, 0.29) is 18.4 Å². The molecule has 2 aliphatic heterocycles. The molecule has 122 valence electrons. The van der Waals surface area contributed by atoms with Crippen LogP contribution in [0.5, 0.6) is 0 Å². The Hall–Kier alpha value is -2.02. The number of rotatable bonds is 4. The van der Waals surface area contributed by atoms with Gasteiger partial charge < -0.3 is 11.1 Å². The Kier molecular flexibility index (Phi) is 3.63. The molecule has 3 N–H and O–H groups in total. The van der Waals surface area contributed by atoms with Crippen molar-refractivity contribution in [1.29, 1.82) is 0 Å². The van der Waals surface area contributed by atoms with Crippen LogP contribution in [0.2, 0.25) is 0 Å². The average Bonchev–Trinajstić information content (AvgIpc) is 3.01. The number of hydrogen-bond donors (Lipinski definition) is 2. The summed E-state index contributed by atoms with van der Waals surface area (Å²) in [4.78, 5) is 38.1. The van der Waals surface area contributed by atoms with Gasteiger partial charge in [0.15, 0.2) is 4.87 Å². The predicted molar refractivity (Wildman–Crippen MR) is 87.7 cm³/mol. The van der Waals surface area contributed by atoms with E-state index in [1.165, 1.54) is 11.8 Å². The fourth-order valence-electron chi connectivity index (χ4n) is 2.83. The number of nitrogens with two attached hydrogens (primary N) is 1. The van der Waals surface area contributed by atoms with Crippen LogP contribution < -0.4 is 16.0 Å². The number of anilines is 1. The number of para-hydroxylation sites is 1. The standard InChI is InChI=1S/C16H19N3O3S/c1-15(2,13(17)21)9-18-14(22)16-8-7-12(20)19(16)10-5-3-4-6-11(10)23-16/h3-6H,7-9H2,1-2H3,(H2,17,21)(H,18,22). The van der Waals surface area contributed by atoms with Crippen LogP contribution in [0.3, 0.4) is 0 Å². The van der Waals surface area contributed by atoms with Crippen molar-refractivity contribution in [3.63, 3.8) is 0 Å². The molecule has 1 aromatic rings. The summed E-state index contributed by atoms with van der Waals surface area (Å²) in [5.74, 6) is -0.775. The maximum absolute atomic E-state index is 12.9. The third-order valence-electron chi connectivity index (χ3n) is 4.39. The number of carbonyl (C=O) groups excluding carboxylic acids is 3. The van der Waals surface area contributed by atoms with Crippen molar-refractivity contribution in [1.82, 2.24) is 5.32 Å². The van der Waals surface area contributed by atoms with Crippen molar-refractivity contribution in [3.05, 3.63) is 24.3 Å². The zero-order chi connectivity index (χ0) is 16.8. The van der Waals surface area contributed by atoms with Gasteiger partial charge in [0.25, 0.3) is 5.91 Å². The SMILES string of the molecule is CC(C)(CNC(=O)C12CCC(=O)N1c1ccccc1S2)C(N)=O. The number of hydrogen-bond acceptors (Lipinski definition) is 4. The molecule has 6 nitrogen and oxygen atoms in total. The van der Waals surface area contributed by atoms with E-state index in [1.54, 1.807) is 18.7 Å². The number of thioether (sulfide) groups is 1. The van der Waals surface area contributed by atoms with Crippen molar-refractivity contribution in [2.75, 3.05) is 11.4 Å². The van der Waals surface area contributed by atoms with E-state index in [2.05, 4.69) is 5.32 Å². The Bertz CT molecular complexity index is 704. The molecule has 1 unspecified atom stereocenters. The smallest absolute Gasteiger partial charge is 0.257 e. The maximum Gasteiger partial charge on any atom is 0.257 e. The van der Waals surface area contributed by atoms with E-state index in [1.807, 2.05) is 24.3 Å². The quantitative estimate of drug-likeness (QED) is 0.867. The molecule has 0 radical (unpaired) electrons. The first-order valence-corrected chi connectivity index (χ1v) is 8.29. The Labute approximate surface area is 138 Å². The number of carbonyl (C=O) groups is 3. The van der Waals surface area contributed by atoms with Gasteiger partial charge >= 0.3 is 0 Å². The summed E-state index contributed by atoms with van der Waals surface area (Å²) in [6, 6.07) is 7.51. The second kappa shape index (κ2) is 5.26. The first-order valence-electron chi connectivity index (χ1n) is 7.47. The van der Waals surface area contributed by atoms with Crippen LogP contribution in [0.1, 0.15) is 26.7 Å². The van der Waals surface area contributed by atoms with Crippen molar-refractivity contribution in [3.8, 4) is 0 Å². The van der Waals surface area contributed by atoms with Crippen LogP contribution in [0, 0.1) is 5.41 Å². The second-order valence-electron chi connectivity index (χ2n) is 6.51. The van der Waals surface area contributed by atoms with Crippen LogP contribution in [0.25, 0.3) is 0 Å². The number of benzene rings is 1. The highest BCUT2D eigenvalue weighted by atomic mass is 32.2. The highest BCUT2D eigenvalue weighted by molar-refractivity contribution is 8.02. The zero-order valence-corrected chi connectivity index (χ0v) is 13.9. The number of primary amides is 1. The minimum atomic E-state index is -0.950. The topological polar surface area (TPSA) is 92.5 Å². The molecule has 1 aromatic carbocycles. The Morgan fingerprint density at radius 2 is 2.09 bits per heavy atom. The fourth-order valence-corrected chi connectivity index (χ4v) is 4.26. The average molecular weight is 333 g/mol. The van der Waals surface area contributed by atoms with Crippen molar-refractivity contribution in [2.24, 2.45) is 11.1 Å². The lowest BCUT2D eigenvalue weighted by Gasteiger charge is -2.31. The van der Waals surface area contributed by atoms with Crippen molar-refractivity contribution in [2.45, 2.75) is 36.5 Å². The van der Waals surface area contributed by atoms with Gasteiger partial charge in [0.2, 0.25) is 11.8 Å². The highest BCUT2D eigenvalue weighted by Gasteiger charge is 2.57. The molecule has 1 fully saturated rings. The van der Waals surface area contributed by atoms with E-state index in [0.29, 0.717) is 12.8 Å². The maximum atomic E-state index is 12.9.